The van der Waals surface area contributed by atoms with Crippen molar-refractivity contribution < 1.29 is 9.53 Å². The average molecular weight is 404 g/mol. The summed E-state index contributed by atoms with van der Waals surface area (Å²) in [6, 6.07) is 16.0. The van der Waals surface area contributed by atoms with Crippen molar-refractivity contribution in [1.82, 2.24) is 15.5 Å². The largest absolute Gasteiger partial charge is 0.489 e. The fourth-order valence-electron chi connectivity index (χ4n) is 3.21. The van der Waals surface area contributed by atoms with Gasteiger partial charge in [0.2, 0.25) is 5.91 Å². The van der Waals surface area contributed by atoms with Crippen LogP contribution in [0.15, 0.2) is 48.5 Å². The predicted octanol–water partition coefficient (Wildman–Crippen LogP) is 2.56. The molecule has 2 aromatic rings. The van der Waals surface area contributed by atoms with Gasteiger partial charge in [-0.25, -0.2) is 0 Å². The highest BCUT2D eigenvalue weighted by atomic mass is 35.5. The monoisotopic (exact) mass is 403 g/mol. The van der Waals surface area contributed by atoms with Crippen LogP contribution in [0.2, 0.25) is 0 Å². The first kappa shape index (κ1) is 22.2. The van der Waals surface area contributed by atoms with Crippen LogP contribution in [0.5, 0.6) is 5.75 Å². The lowest BCUT2D eigenvalue weighted by Crippen LogP contribution is -2.46. The minimum absolute atomic E-state index is 0. The third-order valence-electron chi connectivity index (χ3n) is 4.88. The van der Waals surface area contributed by atoms with Gasteiger partial charge in [0.1, 0.15) is 12.4 Å². The summed E-state index contributed by atoms with van der Waals surface area (Å²) in [5.74, 6) is 0.852. The van der Waals surface area contributed by atoms with Crippen molar-refractivity contribution in [3.8, 4) is 5.75 Å². The summed E-state index contributed by atoms with van der Waals surface area (Å²) in [7, 11) is 0. The normalized spacial score (nSPS) is 14.2. The zero-order chi connectivity index (χ0) is 18.9. The summed E-state index contributed by atoms with van der Waals surface area (Å²) in [5, 5.41) is 6.36. The molecule has 0 aliphatic carbocycles. The Balaban J connectivity index is 0.00000280. The Morgan fingerprint density at radius 2 is 1.93 bits per heavy atom. The number of hydrogen-bond acceptors (Lipinski definition) is 4. The van der Waals surface area contributed by atoms with Gasteiger partial charge < -0.3 is 15.4 Å². The molecule has 0 bridgehead atoms. The summed E-state index contributed by atoms with van der Waals surface area (Å²) in [6.45, 7) is 8.39. The molecule has 0 saturated carbocycles. The molecule has 0 unspecified atom stereocenters. The molecule has 0 radical (unpaired) electrons. The molecule has 5 nitrogen and oxygen atoms in total. The first-order valence-corrected chi connectivity index (χ1v) is 9.67. The van der Waals surface area contributed by atoms with Crippen LogP contribution >= 0.6 is 12.4 Å². The third kappa shape index (κ3) is 7.15. The first-order chi connectivity index (χ1) is 13.2. The number of benzene rings is 2. The highest BCUT2D eigenvalue weighted by Gasteiger charge is 2.10. The molecule has 0 aromatic heterocycles. The minimum Gasteiger partial charge on any atom is -0.489 e. The van der Waals surface area contributed by atoms with Gasteiger partial charge in [-0.1, -0.05) is 36.4 Å². The van der Waals surface area contributed by atoms with Crippen molar-refractivity contribution in [2.24, 2.45) is 0 Å². The van der Waals surface area contributed by atoms with Gasteiger partial charge in [-0.2, -0.15) is 0 Å². The van der Waals surface area contributed by atoms with E-state index < -0.39 is 0 Å². The standard InChI is InChI=1S/C22H29N3O2.ClH/c1-18-5-2-3-7-20(18)17-27-21-8-4-6-19(15-21)16-22(26)24-11-14-25-12-9-23-10-13-25;/h2-8,15,23H,9-14,16-17H2,1H3,(H,24,26);1H. The molecule has 1 amide bonds. The van der Waals surface area contributed by atoms with Gasteiger partial charge >= 0.3 is 0 Å². The first-order valence-electron chi connectivity index (χ1n) is 9.67. The molecular formula is C22H30ClN3O2. The quantitative estimate of drug-likeness (QED) is 0.711. The SMILES string of the molecule is Cc1ccccc1COc1cccc(CC(=O)NCCN2CCNCC2)c1.Cl. The van der Waals surface area contributed by atoms with Crippen LogP contribution in [0.3, 0.4) is 0 Å². The fraction of sp³-hybridized carbons (Fsp3) is 0.409. The third-order valence-corrected chi connectivity index (χ3v) is 4.88. The molecule has 1 heterocycles. The lowest BCUT2D eigenvalue weighted by Gasteiger charge is -2.27. The number of aryl methyl sites for hydroxylation is 1. The maximum Gasteiger partial charge on any atom is 0.224 e. The summed E-state index contributed by atoms with van der Waals surface area (Å²) in [4.78, 5) is 14.6. The van der Waals surface area contributed by atoms with Gasteiger partial charge in [0, 0.05) is 39.3 Å². The number of carbonyl (C=O) groups is 1. The molecule has 1 fully saturated rings. The second-order valence-corrected chi connectivity index (χ2v) is 6.98. The molecule has 2 N–H and O–H groups in total. The second-order valence-electron chi connectivity index (χ2n) is 6.98. The number of halogens is 1. The van der Waals surface area contributed by atoms with Gasteiger partial charge in [0.25, 0.3) is 0 Å². The number of rotatable bonds is 8. The number of nitrogens with one attached hydrogen (secondary N) is 2. The number of hydrogen-bond donors (Lipinski definition) is 2. The van der Waals surface area contributed by atoms with Crippen LogP contribution in [-0.4, -0.2) is 50.1 Å². The molecule has 6 heteroatoms. The van der Waals surface area contributed by atoms with Gasteiger partial charge in [-0.15, -0.1) is 12.4 Å². The molecular weight excluding hydrogens is 374 g/mol. The van der Waals surface area contributed by atoms with Crippen molar-refractivity contribution in [1.29, 1.82) is 0 Å². The molecule has 3 rings (SSSR count). The van der Waals surface area contributed by atoms with Crippen LogP contribution in [0.1, 0.15) is 16.7 Å². The zero-order valence-electron chi connectivity index (χ0n) is 16.4. The molecule has 2 aromatic carbocycles. The van der Waals surface area contributed by atoms with Crippen LogP contribution in [-0.2, 0) is 17.8 Å². The Bertz CT molecular complexity index is 748. The average Bonchev–Trinajstić information content (AvgIpc) is 2.68. The Morgan fingerprint density at radius 1 is 1.14 bits per heavy atom. The zero-order valence-corrected chi connectivity index (χ0v) is 17.3. The number of amides is 1. The Kier molecular flexibility index (Phi) is 9.28. The molecule has 0 spiro atoms. The van der Waals surface area contributed by atoms with Crippen LogP contribution in [0.4, 0.5) is 0 Å². The van der Waals surface area contributed by atoms with E-state index in [1.165, 1.54) is 11.1 Å². The predicted molar refractivity (Wildman–Crippen MR) is 115 cm³/mol. The van der Waals surface area contributed by atoms with E-state index in [1.807, 2.05) is 36.4 Å². The van der Waals surface area contributed by atoms with E-state index in [1.54, 1.807) is 0 Å². The maximum atomic E-state index is 12.2. The van der Waals surface area contributed by atoms with Crippen molar-refractivity contribution in [3.63, 3.8) is 0 Å². The molecule has 1 aliphatic heterocycles. The number of ether oxygens (including phenoxy) is 1. The van der Waals surface area contributed by atoms with E-state index in [0.29, 0.717) is 19.6 Å². The summed E-state index contributed by atoms with van der Waals surface area (Å²) in [5.41, 5.74) is 3.36. The Morgan fingerprint density at radius 3 is 2.71 bits per heavy atom. The fourth-order valence-corrected chi connectivity index (χ4v) is 3.21. The topological polar surface area (TPSA) is 53.6 Å². The number of piperazine rings is 1. The smallest absolute Gasteiger partial charge is 0.224 e. The lowest BCUT2D eigenvalue weighted by atomic mass is 10.1. The van der Waals surface area contributed by atoms with Gasteiger partial charge in [-0.3, -0.25) is 9.69 Å². The van der Waals surface area contributed by atoms with E-state index in [2.05, 4.69) is 34.6 Å². The lowest BCUT2D eigenvalue weighted by molar-refractivity contribution is -0.120. The second kappa shape index (κ2) is 11.7. The molecule has 1 aliphatic rings. The van der Waals surface area contributed by atoms with E-state index in [0.717, 1.165) is 44.0 Å². The van der Waals surface area contributed by atoms with Gasteiger partial charge in [0.15, 0.2) is 0 Å². The Hall–Kier alpha value is -2.08. The summed E-state index contributed by atoms with van der Waals surface area (Å²) < 4.78 is 5.91. The van der Waals surface area contributed by atoms with E-state index in [4.69, 9.17) is 4.74 Å². The molecule has 28 heavy (non-hydrogen) atoms. The van der Waals surface area contributed by atoms with Crippen molar-refractivity contribution in [3.05, 3.63) is 65.2 Å². The molecule has 152 valence electrons. The highest BCUT2D eigenvalue weighted by Crippen LogP contribution is 2.17. The number of carbonyl (C=O) groups excluding carboxylic acids is 1. The molecule has 1 saturated heterocycles. The number of nitrogens with zero attached hydrogens (tertiary/aromatic N) is 1. The van der Waals surface area contributed by atoms with E-state index in [-0.39, 0.29) is 18.3 Å². The van der Waals surface area contributed by atoms with Crippen molar-refractivity contribution in [2.75, 3.05) is 39.3 Å². The van der Waals surface area contributed by atoms with E-state index >= 15 is 0 Å². The summed E-state index contributed by atoms with van der Waals surface area (Å²) >= 11 is 0. The highest BCUT2D eigenvalue weighted by molar-refractivity contribution is 5.85. The van der Waals surface area contributed by atoms with Crippen molar-refractivity contribution in [2.45, 2.75) is 20.0 Å². The maximum absolute atomic E-state index is 12.2. The van der Waals surface area contributed by atoms with Crippen LogP contribution < -0.4 is 15.4 Å². The van der Waals surface area contributed by atoms with Crippen LogP contribution in [0, 0.1) is 6.92 Å². The summed E-state index contributed by atoms with van der Waals surface area (Å²) in [6.07, 6.45) is 0.378. The van der Waals surface area contributed by atoms with Gasteiger partial charge in [0.05, 0.1) is 6.42 Å². The van der Waals surface area contributed by atoms with Crippen LogP contribution in [0.25, 0.3) is 0 Å². The van der Waals surface area contributed by atoms with Crippen molar-refractivity contribution >= 4 is 18.3 Å². The Labute approximate surface area is 173 Å². The minimum atomic E-state index is 0. The van der Waals surface area contributed by atoms with E-state index in [9.17, 15) is 4.79 Å². The van der Waals surface area contributed by atoms with Gasteiger partial charge in [-0.05, 0) is 35.7 Å². The molecule has 0 atom stereocenters.